The zero-order valence-corrected chi connectivity index (χ0v) is 12.1. The molecule has 1 atom stereocenters. The summed E-state index contributed by atoms with van der Waals surface area (Å²) in [5.41, 5.74) is 1.09. The van der Waals surface area contributed by atoms with Crippen molar-refractivity contribution in [2.45, 2.75) is 32.0 Å². The van der Waals surface area contributed by atoms with Gasteiger partial charge in [0.15, 0.2) is 0 Å². The molecule has 0 amide bonds. The van der Waals surface area contributed by atoms with Gasteiger partial charge in [0.05, 0.1) is 18.3 Å². The minimum absolute atomic E-state index is 0.351. The third-order valence-corrected chi connectivity index (χ3v) is 3.71. The molecule has 1 aliphatic heterocycles. The van der Waals surface area contributed by atoms with Crippen molar-refractivity contribution in [2.24, 2.45) is 0 Å². The minimum atomic E-state index is 0.351. The quantitative estimate of drug-likeness (QED) is 0.769. The average Bonchev–Trinajstić information content (AvgIpc) is 3.19. The van der Waals surface area contributed by atoms with E-state index in [-0.39, 0.29) is 0 Å². The summed E-state index contributed by atoms with van der Waals surface area (Å²) < 4.78 is 7.62. The lowest BCUT2D eigenvalue weighted by Gasteiger charge is -2.24. The third kappa shape index (κ3) is 4.34. The van der Waals surface area contributed by atoms with Crippen LogP contribution in [-0.4, -0.2) is 50.4 Å². The van der Waals surface area contributed by atoms with E-state index in [4.69, 9.17) is 4.74 Å². The fourth-order valence-electron chi connectivity index (χ4n) is 2.62. The van der Waals surface area contributed by atoms with Gasteiger partial charge in [-0.25, -0.2) is 4.98 Å². The van der Waals surface area contributed by atoms with Gasteiger partial charge in [0.1, 0.15) is 12.7 Å². The molecular formula is C15H21N5O. The van der Waals surface area contributed by atoms with Crippen molar-refractivity contribution in [3.8, 4) is 0 Å². The van der Waals surface area contributed by atoms with Crippen LogP contribution < -0.4 is 0 Å². The highest BCUT2D eigenvalue weighted by Crippen LogP contribution is 2.14. The molecule has 1 fully saturated rings. The lowest BCUT2D eigenvalue weighted by atomic mass is 10.2. The Hall–Kier alpha value is -1.79. The molecule has 6 nitrogen and oxygen atoms in total. The zero-order valence-electron chi connectivity index (χ0n) is 12.1. The van der Waals surface area contributed by atoms with Crippen LogP contribution in [0.5, 0.6) is 0 Å². The van der Waals surface area contributed by atoms with Gasteiger partial charge in [-0.3, -0.25) is 14.6 Å². The van der Waals surface area contributed by atoms with Crippen LogP contribution in [-0.2, 0) is 17.8 Å². The van der Waals surface area contributed by atoms with Gasteiger partial charge < -0.3 is 4.74 Å². The van der Waals surface area contributed by atoms with E-state index in [1.54, 1.807) is 12.7 Å². The molecule has 0 N–H and O–H groups in total. The SMILES string of the molecule is c1ccc(CN(CCn2cncn2)C[C@@H]2CCCO2)nc1. The molecule has 0 saturated carbocycles. The monoisotopic (exact) mass is 287 g/mol. The molecule has 3 rings (SSSR count). The maximum absolute atomic E-state index is 5.76. The molecule has 6 heteroatoms. The van der Waals surface area contributed by atoms with Crippen LogP contribution in [0.1, 0.15) is 18.5 Å². The number of aromatic nitrogens is 4. The molecule has 21 heavy (non-hydrogen) atoms. The summed E-state index contributed by atoms with van der Waals surface area (Å²) in [6, 6.07) is 6.05. The molecule has 0 aromatic carbocycles. The molecule has 0 unspecified atom stereocenters. The Kier molecular flexibility index (Phi) is 4.91. The van der Waals surface area contributed by atoms with Gasteiger partial charge >= 0.3 is 0 Å². The molecule has 1 aliphatic rings. The van der Waals surface area contributed by atoms with Crippen molar-refractivity contribution >= 4 is 0 Å². The zero-order chi connectivity index (χ0) is 14.3. The summed E-state index contributed by atoms with van der Waals surface area (Å²) in [5, 5.41) is 4.16. The van der Waals surface area contributed by atoms with Gasteiger partial charge in [-0.1, -0.05) is 6.07 Å². The molecule has 3 heterocycles. The molecule has 0 spiro atoms. The molecule has 0 aliphatic carbocycles. The summed E-state index contributed by atoms with van der Waals surface area (Å²) in [5.74, 6) is 0. The van der Waals surface area contributed by atoms with Gasteiger partial charge in [-0.2, -0.15) is 5.10 Å². The van der Waals surface area contributed by atoms with Crippen LogP contribution in [0.2, 0.25) is 0 Å². The Balaban J connectivity index is 1.58. The van der Waals surface area contributed by atoms with Crippen LogP contribution in [0.25, 0.3) is 0 Å². The van der Waals surface area contributed by atoms with Crippen LogP contribution in [0, 0.1) is 0 Å². The second-order valence-corrected chi connectivity index (χ2v) is 5.35. The molecule has 1 saturated heterocycles. The highest BCUT2D eigenvalue weighted by molar-refractivity contribution is 5.03. The lowest BCUT2D eigenvalue weighted by Crippen LogP contribution is -2.34. The standard InChI is InChI=1S/C15H21N5O/c1-2-6-17-14(4-1)10-19(11-15-5-3-9-21-15)7-8-20-13-16-12-18-20/h1-2,4,6,12-13,15H,3,5,7-11H2/t15-/m0/s1. The predicted molar refractivity (Wildman–Crippen MR) is 78.5 cm³/mol. The van der Waals surface area contributed by atoms with Crippen LogP contribution in [0.3, 0.4) is 0 Å². The van der Waals surface area contributed by atoms with E-state index >= 15 is 0 Å². The highest BCUT2D eigenvalue weighted by Gasteiger charge is 2.19. The first-order chi connectivity index (χ1) is 10.4. The van der Waals surface area contributed by atoms with Crippen molar-refractivity contribution < 1.29 is 4.74 Å². The Labute approximate surface area is 124 Å². The number of pyridine rings is 1. The van der Waals surface area contributed by atoms with Gasteiger partial charge in [0, 0.05) is 32.4 Å². The Morgan fingerprint density at radius 2 is 2.38 bits per heavy atom. The van der Waals surface area contributed by atoms with E-state index in [0.717, 1.165) is 44.9 Å². The second-order valence-electron chi connectivity index (χ2n) is 5.35. The van der Waals surface area contributed by atoms with E-state index in [9.17, 15) is 0 Å². The van der Waals surface area contributed by atoms with Crippen molar-refractivity contribution in [1.82, 2.24) is 24.6 Å². The van der Waals surface area contributed by atoms with Gasteiger partial charge in [0.25, 0.3) is 0 Å². The van der Waals surface area contributed by atoms with E-state index in [1.807, 2.05) is 23.0 Å². The maximum atomic E-state index is 5.76. The molecular weight excluding hydrogens is 266 g/mol. The van der Waals surface area contributed by atoms with E-state index in [0.29, 0.717) is 6.10 Å². The molecule has 2 aromatic rings. The summed E-state index contributed by atoms with van der Waals surface area (Å²) in [6.07, 6.45) is 7.85. The summed E-state index contributed by atoms with van der Waals surface area (Å²) in [6.45, 7) is 4.44. The topological polar surface area (TPSA) is 56.1 Å². The molecule has 112 valence electrons. The smallest absolute Gasteiger partial charge is 0.137 e. The highest BCUT2D eigenvalue weighted by atomic mass is 16.5. The third-order valence-electron chi connectivity index (χ3n) is 3.71. The largest absolute Gasteiger partial charge is 0.377 e. The summed E-state index contributed by atoms with van der Waals surface area (Å²) in [4.78, 5) is 10.8. The summed E-state index contributed by atoms with van der Waals surface area (Å²) in [7, 11) is 0. The van der Waals surface area contributed by atoms with Crippen LogP contribution in [0.15, 0.2) is 37.1 Å². The first-order valence-corrected chi connectivity index (χ1v) is 7.46. The van der Waals surface area contributed by atoms with E-state index < -0.39 is 0 Å². The van der Waals surface area contributed by atoms with Crippen molar-refractivity contribution in [2.75, 3.05) is 19.7 Å². The predicted octanol–water partition coefficient (Wildman–Crippen LogP) is 1.35. The first kappa shape index (κ1) is 14.2. The fourth-order valence-corrected chi connectivity index (χ4v) is 2.62. The number of ether oxygens (including phenoxy) is 1. The van der Waals surface area contributed by atoms with Crippen molar-refractivity contribution in [3.63, 3.8) is 0 Å². The van der Waals surface area contributed by atoms with Crippen LogP contribution >= 0.6 is 0 Å². The molecule has 0 bridgehead atoms. The normalized spacial score (nSPS) is 18.4. The van der Waals surface area contributed by atoms with Gasteiger partial charge in [-0.05, 0) is 25.0 Å². The van der Waals surface area contributed by atoms with Crippen molar-refractivity contribution in [1.29, 1.82) is 0 Å². The number of hydrogen-bond donors (Lipinski definition) is 0. The summed E-state index contributed by atoms with van der Waals surface area (Å²) >= 11 is 0. The molecule has 2 aromatic heterocycles. The van der Waals surface area contributed by atoms with Gasteiger partial charge in [-0.15, -0.1) is 0 Å². The Morgan fingerprint density at radius 1 is 1.38 bits per heavy atom. The second kappa shape index (κ2) is 7.28. The number of hydrogen-bond acceptors (Lipinski definition) is 5. The number of nitrogens with zero attached hydrogens (tertiary/aromatic N) is 5. The fraction of sp³-hybridized carbons (Fsp3) is 0.533. The minimum Gasteiger partial charge on any atom is -0.377 e. The van der Waals surface area contributed by atoms with E-state index in [1.165, 1.54) is 6.42 Å². The molecule has 0 radical (unpaired) electrons. The first-order valence-electron chi connectivity index (χ1n) is 7.46. The maximum Gasteiger partial charge on any atom is 0.137 e. The van der Waals surface area contributed by atoms with Crippen LogP contribution in [0.4, 0.5) is 0 Å². The Morgan fingerprint density at radius 3 is 3.10 bits per heavy atom. The van der Waals surface area contributed by atoms with Crippen molar-refractivity contribution in [3.05, 3.63) is 42.7 Å². The average molecular weight is 287 g/mol. The Bertz CT molecular complexity index is 510. The lowest BCUT2D eigenvalue weighted by molar-refractivity contribution is 0.0685. The van der Waals surface area contributed by atoms with E-state index in [2.05, 4.69) is 26.0 Å². The number of rotatable bonds is 7. The van der Waals surface area contributed by atoms with Gasteiger partial charge in [0.2, 0.25) is 0 Å².